The van der Waals surface area contributed by atoms with Gasteiger partial charge < -0.3 is 15.4 Å². The van der Waals surface area contributed by atoms with Gasteiger partial charge in [0.05, 0.1) is 0 Å². The first-order valence-electron chi connectivity index (χ1n) is 10.0. The van der Waals surface area contributed by atoms with Crippen LogP contribution in [0.1, 0.15) is 45.1 Å². The van der Waals surface area contributed by atoms with Crippen LogP contribution in [0.3, 0.4) is 0 Å². The summed E-state index contributed by atoms with van der Waals surface area (Å²) in [4.78, 5) is 50.1. The molecule has 4 amide bonds. The maximum Gasteiger partial charge on any atom is 0.326 e. The maximum atomic E-state index is 12.8. The third kappa shape index (κ3) is 4.41. The first kappa shape index (κ1) is 20.8. The Morgan fingerprint density at radius 3 is 2.62 bits per heavy atom. The van der Waals surface area contributed by atoms with Crippen LogP contribution in [0, 0.1) is 5.92 Å². The summed E-state index contributed by atoms with van der Waals surface area (Å²) in [6.45, 7) is 2.99. The molecule has 8 nitrogen and oxygen atoms in total. The van der Waals surface area contributed by atoms with Crippen molar-refractivity contribution < 1.29 is 23.9 Å². The predicted octanol–water partition coefficient (Wildman–Crippen LogP) is 2.23. The van der Waals surface area contributed by atoms with Gasteiger partial charge in [0.1, 0.15) is 12.1 Å². The number of benzene rings is 1. The van der Waals surface area contributed by atoms with E-state index in [-0.39, 0.29) is 11.8 Å². The molecule has 0 unspecified atom stereocenters. The van der Waals surface area contributed by atoms with Gasteiger partial charge in [-0.1, -0.05) is 38.8 Å². The topological polar surface area (TPSA) is 105 Å². The molecule has 1 saturated heterocycles. The van der Waals surface area contributed by atoms with Gasteiger partial charge >= 0.3 is 12.0 Å². The lowest BCUT2D eigenvalue weighted by Gasteiger charge is -2.36. The smallest absolute Gasteiger partial charge is 0.326 e. The van der Waals surface area contributed by atoms with E-state index in [0.29, 0.717) is 12.1 Å². The van der Waals surface area contributed by atoms with E-state index in [1.54, 1.807) is 12.1 Å². The predicted molar refractivity (Wildman–Crippen MR) is 106 cm³/mol. The molecule has 2 atom stereocenters. The number of esters is 1. The number of aryl methyl sites for hydroxylation is 1. The molecule has 1 aliphatic carbocycles. The van der Waals surface area contributed by atoms with Crippen molar-refractivity contribution in [2.45, 2.75) is 51.5 Å². The van der Waals surface area contributed by atoms with Crippen molar-refractivity contribution in [2.75, 3.05) is 18.5 Å². The third-order valence-electron chi connectivity index (χ3n) is 5.80. The monoisotopic (exact) mass is 401 g/mol. The molecule has 0 bridgehead atoms. The first-order chi connectivity index (χ1) is 13.9. The lowest BCUT2D eigenvalue weighted by atomic mass is 9.73. The van der Waals surface area contributed by atoms with Gasteiger partial charge in [-0.15, -0.1) is 0 Å². The first-order valence-corrected chi connectivity index (χ1v) is 10.0. The van der Waals surface area contributed by atoms with Crippen molar-refractivity contribution in [2.24, 2.45) is 5.92 Å². The highest BCUT2D eigenvalue weighted by atomic mass is 16.5. The van der Waals surface area contributed by atoms with Crippen LogP contribution in [0.25, 0.3) is 0 Å². The number of ether oxygens (including phenoxy) is 1. The highest BCUT2D eigenvalue weighted by Crippen LogP contribution is 2.38. The Labute approximate surface area is 170 Å². The SMILES string of the molecule is CCc1ccc(NC(=O)COC(=O)CN2C(=O)N[C@@]3(CCCC[C@@H]3C)C2=O)cc1. The summed E-state index contributed by atoms with van der Waals surface area (Å²) in [6.07, 6.45) is 4.19. The number of urea groups is 1. The van der Waals surface area contributed by atoms with Crippen LogP contribution in [0.5, 0.6) is 0 Å². The van der Waals surface area contributed by atoms with E-state index in [2.05, 4.69) is 10.6 Å². The van der Waals surface area contributed by atoms with Gasteiger partial charge in [-0.05, 0) is 42.9 Å². The number of carbonyl (C=O) groups excluding carboxylic acids is 4. The Morgan fingerprint density at radius 1 is 1.24 bits per heavy atom. The van der Waals surface area contributed by atoms with Gasteiger partial charge in [-0.3, -0.25) is 19.3 Å². The number of amides is 4. The van der Waals surface area contributed by atoms with Crippen LogP contribution in [-0.4, -0.2) is 47.4 Å². The Bertz CT molecular complexity index is 807. The summed E-state index contributed by atoms with van der Waals surface area (Å²) in [7, 11) is 0. The van der Waals surface area contributed by atoms with E-state index in [0.717, 1.165) is 36.1 Å². The van der Waals surface area contributed by atoms with Crippen LogP contribution in [0.4, 0.5) is 10.5 Å². The second-order valence-corrected chi connectivity index (χ2v) is 7.70. The Hall–Kier alpha value is -2.90. The van der Waals surface area contributed by atoms with Crippen LogP contribution >= 0.6 is 0 Å². The van der Waals surface area contributed by atoms with Crippen molar-refractivity contribution in [1.82, 2.24) is 10.2 Å². The van der Waals surface area contributed by atoms with Crippen molar-refractivity contribution in [3.8, 4) is 0 Å². The molecule has 1 heterocycles. The molecule has 0 aromatic heterocycles. The molecule has 2 fully saturated rings. The zero-order valence-electron chi connectivity index (χ0n) is 16.8. The quantitative estimate of drug-likeness (QED) is 0.562. The summed E-state index contributed by atoms with van der Waals surface area (Å²) >= 11 is 0. The lowest BCUT2D eigenvalue weighted by Crippen LogP contribution is -2.54. The zero-order chi connectivity index (χ0) is 21.0. The van der Waals surface area contributed by atoms with Crippen molar-refractivity contribution in [3.63, 3.8) is 0 Å². The summed E-state index contributed by atoms with van der Waals surface area (Å²) in [5, 5.41) is 5.42. The van der Waals surface area contributed by atoms with E-state index in [4.69, 9.17) is 4.74 Å². The molecule has 2 N–H and O–H groups in total. The molecule has 29 heavy (non-hydrogen) atoms. The number of hydrogen-bond acceptors (Lipinski definition) is 5. The van der Waals surface area contributed by atoms with Crippen molar-refractivity contribution >= 4 is 29.5 Å². The minimum absolute atomic E-state index is 0.0126. The van der Waals surface area contributed by atoms with E-state index in [1.165, 1.54) is 0 Å². The third-order valence-corrected chi connectivity index (χ3v) is 5.80. The van der Waals surface area contributed by atoms with Crippen LogP contribution in [0.2, 0.25) is 0 Å². The molecule has 3 rings (SSSR count). The fraction of sp³-hybridized carbons (Fsp3) is 0.524. The average molecular weight is 401 g/mol. The van der Waals surface area contributed by atoms with Gasteiger partial charge in [-0.25, -0.2) is 4.79 Å². The van der Waals surface area contributed by atoms with Crippen molar-refractivity contribution in [1.29, 1.82) is 0 Å². The summed E-state index contributed by atoms with van der Waals surface area (Å²) in [6, 6.07) is 6.77. The van der Waals surface area contributed by atoms with E-state index in [1.807, 2.05) is 26.0 Å². The molecule has 1 spiro atoms. The maximum absolute atomic E-state index is 12.8. The second kappa shape index (κ2) is 8.63. The molecule has 0 radical (unpaired) electrons. The molecule has 1 aromatic rings. The minimum atomic E-state index is -0.919. The minimum Gasteiger partial charge on any atom is -0.454 e. The van der Waals surface area contributed by atoms with Crippen LogP contribution in [-0.2, 0) is 25.5 Å². The molecule has 1 aromatic carbocycles. The fourth-order valence-electron chi connectivity index (χ4n) is 3.98. The fourth-order valence-corrected chi connectivity index (χ4v) is 3.98. The van der Waals surface area contributed by atoms with Gasteiger partial charge in [0, 0.05) is 5.69 Å². The number of rotatable bonds is 6. The van der Waals surface area contributed by atoms with Crippen LogP contribution in [0.15, 0.2) is 24.3 Å². The summed E-state index contributed by atoms with van der Waals surface area (Å²) < 4.78 is 4.96. The number of imide groups is 1. The normalized spacial score (nSPS) is 23.8. The van der Waals surface area contributed by atoms with Gasteiger partial charge in [0.2, 0.25) is 0 Å². The molecule has 8 heteroatoms. The zero-order valence-corrected chi connectivity index (χ0v) is 16.8. The number of nitrogens with zero attached hydrogens (tertiary/aromatic N) is 1. The highest BCUT2D eigenvalue weighted by Gasteiger charge is 2.55. The van der Waals surface area contributed by atoms with E-state index in [9.17, 15) is 19.2 Å². The molecular formula is C21H27N3O5. The summed E-state index contributed by atoms with van der Waals surface area (Å²) in [5.74, 6) is -1.66. The molecule has 2 aliphatic rings. The standard InChI is InChI=1S/C21H27N3O5/c1-3-15-7-9-16(10-8-15)22-17(25)13-29-18(26)12-24-19(27)21(23-20(24)28)11-5-4-6-14(21)2/h7-10,14H,3-6,11-13H2,1-2H3,(H,22,25)(H,23,28)/t14-,21+/m0/s1. The van der Waals surface area contributed by atoms with E-state index < -0.39 is 36.6 Å². The number of anilines is 1. The second-order valence-electron chi connectivity index (χ2n) is 7.70. The van der Waals surface area contributed by atoms with Gasteiger partial charge in [0.25, 0.3) is 11.8 Å². The van der Waals surface area contributed by atoms with Gasteiger partial charge in [0.15, 0.2) is 6.61 Å². The number of carbonyl (C=O) groups is 4. The summed E-state index contributed by atoms with van der Waals surface area (Å²) in [5.41, 5.74) is 0.830. The average Bonchev–Trinajstić information content (AvgIpc) is 2.94. The molecule has 1 saturated carbocycles. The Balaban J connectivity index is 1.50. The molecule has 156 valence electrons. The largest absolute Gasteiger partial charge is 0.454 e. The van der Waals surface area contributed by atoms with E-state index >= 15 is 0 Å². The molecule has 1 aliphatic heterocycles. The van der Waals surface area contributed by atoms with Crippen LogP contribution < -0.4 is 10.6 Å². The Kier molecular flexibility index (Phi) is 6.20. The lowest BCUT2D eigenvalue weighted by molar-refractivity contribution is -0.150. The van der Waals surface area contributed by atoms with Crippen molar-refractivity contribution in [3.05, 3.63) is 29.8 Å². The number of hydrogen-bond donors (Lipinski definition) is 2. The molecular weight excluding hydrogens is 374 g/mol. The number of nitrogens with one attached hydrogen (secondary N) is 2. The highest BCUT2D eigenvalue weighted by molar-refractivity contribution is 6.09. The van der Waals surface area contributed by atoms with Gasteiger partial charge in [-0.2, -0.15) is 0 Å². The Morgan fingerprint density at radius 2 is 1.97 bits per heavy atom.